The van der Waals surface area contributed by atoms with E-state index in [1.165, 1.54) is 29.5 Å². The van der Waals surface area contributed by atoms with Crippen LogP contribution in [-0.2, 0) is 0 Å². The molecule has 0 spiro atoms. The SMILES string of the molecule is CN(c1ncnc2sc(C3CC3)cc12)[C@@H]1CC[C@H](N)C1.Cl. The minimum absolute atomic E-state index is 0. The second-order valence-electron chi connectivity index (χ2n) is 6.18. The number of thiophene rings is 1. The zero-order valence-electron chi connectivity index (χ0n) is 12.2. The van der Waals surface area contributed by atoms with Crippen molar-refractivity contribution in [3.63, 3.8) is 0 Å². The van der Waals surface area contributed by atoms with Gasteiger partial charge in [-0.1, -0.05) is 0 Å². The van der Waals surface area contributed by atoms with Crippen molar-refractivity contribution >= 4 is 39.8 Å². The van der Waals surface area contributed by atoms with Crippen molar-refractivity contribution in [1.82, 2.24) is 9.97 Å². The predicted octanol–water partition coefficient (Wildman–Crippen LogP) is 3.31. The molecule has 2 aliphatic carbocycles. The smallest absolute Gasteiger partial charge is 0.140 e. The van der Waals surface area contributed by atoms with E-state index in [1.54, 1.807) is 6.33 Å². The van der Waals surface area contributed by atoms with Crippen LogP contribution in [0.3, 0.4) is 0 Å². The lowest BCUT2D eigenvalue weighted by atomic mass is 10.2. The summed E-state index contributed by atoms with van der Waals surface area (Å²) in [7, 11) is 2.15. The number of aromatic nitrogens is 2. The number of halogens is 1. The second kappa shape index (κ2) is 5.71. The Morgan fingerprint density at radius 1 is 1.24 bits per heavy atom. The molecule has 0 aromatic carbocycles. The van der Waals surface area contributed by atoms with Gasteiger partial charge in [0.15, 0.2) is 0 Å². The summed E-state index contributed by atoms with van der Waals surface area (Å²) in [6, 6.07) is 3.19. The molecule has 4 nitrogen and oxygen atoms in total. The zero-order valence-corrected chi connectivity index (χ0v) is 13.8. The molecule has 0 saturated heterocycles. The first-order valence-corrected chi connectivity index (χ1v) is 8.27. The average molecular weight is 325 g/mol. The Balaban J connectivity index is 0.00000132. The summed E-state index contributed by atoms with van der Waals surface area (Å²) in [6.45, 7) is 0. The van der Waals surface area contributed by atoms with E-state index in [2.05, 4.69) is 28.0 Å². The van der Waals surface area contributed by atoms with Gasteiger partial charge < -0.3 is 10.6 Å². The van der Waals surface area contributed by atoms with Crippen LogP contribution in [0.4, 0.5) is 5.82 Å². The Morgan fingerprint density at radius 2 is 2.05 bits per heavy atom. The lowest BCUT2D eigenvalue weighted by Gasteiger charge is -2.25. The van der Waals surface area contributed by atoms with E-state index >= 15 is 0 Å². The summed E-state index contributed by atoms with van der Waals surface area (Å²) < 4.78 is 0. The van der Waals surface area contributed by atoms with Gasteiger partial charge in [-0.05, 0) is 44.1 Å². The summed E-state index contributed by atoms with van der Waals surface area (Å²) in [5, 5.41) is 1.22. The Bertz CT molecular complexity index is 640. The van der Waals surface area contributed by atoms with Crippen LogP contribution >= 0.6 is 23.7 Å². The fourth-order valence-electron chi connectivity index (χ4n) is 3.23. The van der Waals surface area contributed by atoms with E-state index in [-0.39, 0.29) is 12.4 Å². The van der Waals surface area contributed by atoms with Gasteiger partial charge in [-0.15, -0.1) is 23.7 Å². The maximum absolute atomic E-state index is 6.05. The van der Waals surface area contributed by atoms with Crippen molar-refractivity contribution in [2.24, 2.45) is 5.73 Å². The van der Waals surface area contributed by atoms with Crippen molar-refractivity contribution in [1.29, 1.82) is 0 Å². The van der Waals surface area contributed by atoms with Crippen molar-refractivity contribution in [2.45, 2.75) is 50.1 Å². The van der Waals surface area contributed by atoms with E-state index in [1.807, 2.05) is 11.3 Å². The van der Waals surface area contributed by atoms with Crippen LogP contribution in [0.25, 0.3) is 10.2 Å². The van der Waals surface area contributed by atoms with Gasteiger partial charge in [0.1, 0.15) is 17.0 Å². The molecule has 2 aromatic heterocycles. The molecule has 2 saturated carbocycles. The van der Waals surface area contributed by atoms with Crippen molar-refractivity contribution < 1.29 is 0 Å². The molecule has 2 aliphatic rings. The minimum Gasteiger partial charge on any atom is -0.356 e. The molecule has 2 heterocycles. The van der Waals surface area contributed by atoms with Gasteiger partial charge in [-0.3, -0.25) is 0 Å². The molecule has 2 N–H and O–H groups in total. The molecule has 114 valence electrons. The highest BCUT2D eigenvalue weighted by Crippen LogP contribution is 2.45. The number of nitrogens with zero attached hydrogens (tertiary/aromatic N) is 3. The van der Waals surface area contributed by atoms with Crippen LogP contribution in [0.15, 0.2) is 12.4 Å². The fraction of sp³-hybridized carbons (Fsp3) is 0.600. The molecule has 0 radical (unpaired) electrons. The van der Waals surface area contributed by atoms with Crippen molar-refractivity contribution in [2.75, 3.05) is 11.9 Å². The highest BCUT2D eigenvalue weighted by Gasteiger charge is 2.29. The van der Waals surface area contributed by atoms with Crippen molar-refractivity contribution in [3.05, 3.63) is 17.3 Å². The van der Waals surface area contributed by atoms with Crippen molar-refractivity contribution in [3.8, 4) is 0 Å². The van der Waals surface area contributed by atoms with Crippen LogP contribution in [0.1, 0.15) is 42.9 Å². The van der Waals surface area contributed by atoms with Crippen LogP contribution in [0.2, 0.25) is 0 Å². The Hall–Kier alpha value is -0.910. The molecule has 4 rings (SSSR count). The Labute approximate surface area is 135 Å². The first kappa shape index (κ1) is 15.0. The molecule has 2 fully saturated rings. The summed E-state index contributed by atoms with van der Waals surface area (Å²) in [5.41, 5.74) is 6.05. The predicted molar refractivity (Wildman–Crippen MR) is 90.7 cm³/mol. The molecule has 0 bridgehead atoms. The third kappa shape index (κ3) is 2.74. The van der Waals surface area contributed by atoms with Gasteiger partial charge >= 0.3 is 0 Å². The normalized spacial score (nSPS) is 25.0. The quantitative estimate of drug-likeness (QED) is 0.941. The topological polar surface area (TPSA) is 55.0 Å². The van der Waals surface area contributed by atoms with Gasteiger partial charge in [0.25, 0.3) is 0 Å². The largest absolute Gasteiger partial charge is 0.356 e. The highest BCUT2D eigenvalue weighted by molar-refractivity contribution is 7.18. The summed E-state index contributed by atoms with van der Waals surface area (Å²) in [4.78, 5) is 13.9. The fourth-order valence-corrected chi connectivity index (χ4v) is 4.39. The molecule has 2 aromatic rings. The molecule has 2 atom stereocenters. The standard InChI is InChI=1S/C15H20N4S.ClH/c1-19(11-5-4-10(16)6-11)14-12-7-13(9-2-3-9)20-15(12)18-8-17-14;/h7-11H,2-6,16H2,1H3;1H/t10-,11+;/m0./s1. The molecular weight excluding hydrogens is 304 g/mol. The van der Waals surface area contributed by atoms with Crippen LogP contribution in [0, 0.1) is 0 Å². The summed E-state index contributed by atoms with van der Waals surface area (Å²) >= 11 is 1.84. The first-order chi connectivity index (χ1) is 9.72. The Morgan fingerprint density at radius 3 is 2.71 bits per heavy atom. The van der Waals surface area contributed by atoms with E-state index in [4.69, 9.17) is 5.73 Å². The van der Waals surface area contributed by atoms with Gasteiger partial charge in [0.2, 0.25) is 0 Å². The number of hydrogen-bond donors (Lipinski definition) is 1. The first-order valence-electron chi connectivity index (χ1n) is 7.45. The zero-order chi connectivity index (χ0) is 13.7. The van der Waals surface area contributed by atoms with E-state index in [0.29, 0.717) is 12.1 Å². The molecule has 0 aliphatic heterocycles. The average Bonchev–Trinajstić information content (AvgIpc) is 3.06. The van der Waals surface area contributed by atoms with Crippen LogP contribution < -0.4 is 10.6 Å². The third-order valence-corrected chi connectivity index (χ3v) is 5.84. The maximum atomic E-state index is 6.05. The summed E-state index contributed by atoms with van der Waals surface area (Å²) in [5.74, 6) is 1.87. The van der Waals surface area contributed by atoms with E-state index in [9.17, 15) is 0 Å². The van der Waals surface area contributed by atoms with Crippen LogP contribution in [0.5, 0.6) is 0 Å². The molecule has 0 unspecified atom stereocenters. The third-order valence-electron chi connectivity index (χ3n) is 4.63. The number of fused-ring (bicyclic) bond motifs is 1. The van der Waals surface area contributed by atoms with Gasteiger partial charge in [0.05, 0.1) is 5.39 Å². The second-order valence-corrected chi connectivity index (χ2v) is 7.24. The monoisotopic (exact) mass is 324 g/mol. The number of rotatable bonds is 3. The molecule has 21 heavy (non-hydrogen) atoms. The van der Waals surface area contributed by atoms with E-state index < -0.39 is 0 Å². The number of nitrogens with two attached hydrogens (primary N) is 1. The Kier molecular flexibility index (Phi) is 4.08. The van der Waals surface area contributed by atoms with Crippen LogP contribution in [-0.4, -0.2) is 29.1 Å². The van der Waals surface area contributed by atoms with E-state index in [0.717, 1.165) is 29.4 Å². The van der Waals surface area contributed by atoms with Gasteiger partial charge in [-0.25, -0.2) is 9.97 Å². The van der Waals surface area contributed by atoms with Gasteiger partial charge in [0, 0.05) is 24.0 Å². The molecular formula is C15H21ClN4S. The number of hydrogen-bond acceptors (Lipinski definition) is 5. The maximum Gasteiger partial charge on any atom is 0.140 e. The highest BCUT2D eigenvalue weighted by atomic mass is 35.5. The summed E-state index contributed by atoms with van der Waals surface area (Å²) in [6.07, 6.45) is 7.74. The lowest BCUT2D eigenvalue weighted by Crippen LogP contribution is -2.31. The molecule has 6 heteroatoms. The number of anilines is 1. The van der Waals surface area contributed by atoms with Gasteiger partial charge in [-0.2, -0.15) is 0 Å². The molecule has 0 amide bonds. The lowest BCUT2D eigenvalue weighted by molar-refractivity contribution is 0.628. The minimum atomic E-state index is 0.